The molecule has 0 atom stereocenters. The van der Waals surface area contributed by atoms with Crippen molar-refractivity contribution in [2.45, 2.75) is 6.61 Å². The highest BCUT2D eigenvalue weighted by Gasteiger charge is 2.14. The van der Waals surface area contributed by atoms with Gasteiger partial charge < -0.3 is 8.17 Å². The van der Waals surface area contributed by atoms with E-state index in [4.69, 9.17) is 3.07 Å². The van der Waals surface area contributed by atoms with Crippen molar-refractivity contribution in [3.63, 3.8) is 0 Å². The van der Waals surface area contributed by atoms with E-state index >= 15 is 0 Å². The summed E-state index contributed by atoms with van der Waals surface area (Å²) < 4.78 is 18.6. The van der Waals surface area contributed by atoms with Crippen LogP contribution in [0.2, 0.25) is 0 Å². The number of carbonyl (C=O) groups is 1. The van der Waals surface area contributed by atoms with E-state index in [-0.39, 0.29) is 10.9 Å². The maximum Gasteiger partial charge on any atom is 0.336 e. The molecule has 5 nitrogen and oxygen atoms in total. The van der Waals surface area contributed by atoms with Gasteiger partial charge in [-0.05, 0) is 41.5 Å². The molecule has 0 radical (unpaired) electrons. The Kier molecular flexibility index (Phi) is 5.50. The summed E-state index contributed by atoms with van der Waals surface area (Å²) in [5.41, 5.74) is 4.36. The standard InChI is InChI=1S/C22H14FIN2O3/c23-16-6-8-19-17(9-16)18(22(27)28)10-21(26-19)20-7-5-15(11-25-20)14-3-1-13(2-4-14)12-29-24/h1-11H,12H2,(H,27,28). The number of nitrogens with zero attached hydrogens (tertiary/aromatic N) is 2. The summed E-state index contributed by atoms with van der Waals surface area (Å²) in [7, 11) is 0. The van der Waals surface area contributed by atoms with Gasteiger partial charge in [-0.3, -0.25) is 4.98 Å². The topological polar surface area (TPSA) is 72.3 Å². The van der Waals surface area contributed by atoms with Crippen LogP contribution in [0.5, 0.6) is 0 Å². The summed E-state index contributed by atoms with van der Waals surface area (Å²) >= 11 is 1.86. The van der Waals surface area contributed by atoms with E-state index in [1.807, 2.05) is 53.3 Å². The second-order valence-corrected chi connectivity index (χ2v) is 7.03. The fraction of sp³-hybridized carbons (Fsp3) is 0.0455. The van der Waals surface area contributed by atoms with Crippen molar-refractivity contribution in [2.24, 2.45) is 0 Å². The van der Waals surface area contributed by atoms with Gasteiger partial charge in [0.1, 0.15) is 28.8 Å². The van der Waals surface area contributed by atoms with Gasteiger partial charge in [-0.1, -0.05) is 30.3 Å². The molecule has 144 valence electrons. The van der Waals surface area contributed by atoms with Crippen LogP contribution >= 0.6 is 23.0 Å². The van der Waals surface area contributed by atoms with E-state index in [0.29, 0.717) is 23.5 Å². The monoisotopic (exact) mass is 500 g/mol. The highest BCUT2D eigenvalue weighted by atomic mass is 127. The first-order valence-electron chi connectivity index (χ1n) is 8.68. The summed E-state index contributed by atoms with van der Waals surface area (Å²) in [4.78, 5) is 20.6. The van der Waals surface area contributed by atoms with Crippen LogP contribution in [0.4, 0.5) is 4.39 Å². The third-order valence-electron chi connectivity index (χ3n) is 4.54. The summed E-state index contributed by atoms with van der Waals surface area (Å²) in [5.74, 6) is -1.65. The lowest BCUT2D eigenvalue weighted by Gasteiger charge is -2.08. The number of halogens is 2. The van der Waals surface area contributed by atoms with Crippen molar-refractivity contribution in [1.82, 2.24) is 9.97 Å². The number of aromatic nitrogens is 2. The molecule has 0 aliphatic heterocycles. The fourth-order valence-corrected chi connectivity index (χ4v) is 3.44. The Labute approximate surface area is 179 Å². The lowest BCUT2D eigenvalue weighted by Crippen LogP contribution is -2.01. The third kappa shape index (κ3) is 4.10. The molecule has 0 aliphatic rings. The van der Waals surface area contributed by atoms with Crippen molar-refractivity contribution >= 4 is 39.9 Å². The molecule has 4 aromatic rings. The molecule has 0 saturated heterocycles. The summed E-state index contributed by atoms with van der Waals surface area (Å²) in [6, 6.07) is 17.0. The van der Waals surface area contributed by atoms with Crippen LogP contribution in [0.3, 0.4) is 0 Å². The molecule has 2 aromatic carbocycles. The third-order valence-corrected chi connectivity index (χ3v) is 4.85. The Hall–Kier alpha value is -2.91. The fourth-order valence-electron chi connectivity index (χ4n) is 3.08. The summed E-state index contributed by atoms with van der Waals surface area (Å²) in [5, 5.41) is 9.78. The highest BCUT2D eigenvalue weighted by molar-refractivity contribution is 14.1. The molecule has 0 saturated carbocycles. The molecule has 2 heterocycles. The van der Waals surface area contributed by atoms with Crippen LogP contribution in [0.15, 0.2) is 66.9 Å². The molecule has 7 heteroatoms. The number of aromatic carboxylic acids is 1. The second-order valence-electron chi connectivity index (χ2n) is 6.40. The van der Waals surface area contributed by atoms with E-state index < -0.39 is 11.8 Å². The van der Waals surface area contributed by atoms with E-state index in [1.165, 1.54) is 24.3 Å². The number of fused-ring (bicyclic) bond motifs is 1. The van der Waals surface area contributed by atoms with Gasteiger partial charge in [-0.2, -0.15) is 0 Å². The van der Waals surface area contributed by atoms with Crippen LogP contribution in [0.25, 0.3) is 33.4 Å². The molecule has 29 heavy (non-hydrogen) atoms. The van der Waals surface area contributed by atoms with Crippen LogP contribution < -0.4 is 0 Å². The number of benzene rings is 2. The van der Waals surface area contributed by atoms with E-state index in [2.05, 4.69) is 9.97 Å². The van der Waals surface area contributed by atoms with Crippen molar-refractivity contribution in [2.75, 3.05) is 0 Å². The molecule has 4 rings (SSSR count). The quantitative estimate of drug-likeness (QED) is 0.358. The number of pyridine rings is 2. The number of hydrogen-bond acceptors (Lipinski definition) is 4. The smallest absolute Gasteiger partial charge is 0.336 e. The van der Waals surface area contributed by atoms with Gasteiger partial charge in [0.15, 0.2) is 0 Å². The van der Waals surface area contributed by atoms with E-state index in [0.717, 1.165) is 16.7 Å². The minimum atomic E-state index is -1.14. The minimum Gasteiger partial charge on any atom is -0.478 e. The number of carboxylic acids is 1. The van der Waals surface area contributed by atoms with Gasteiger partial charge in [0.25, 0.3) is 0 Å². The largest absolute Gasteiger partial charge is 0.478 e. The average Bonchev–Trinajstić information content (AvgIpc) is 2.74. The first kappa shape index (κ1) is 19.4. The predicted molar refractivity (Wildman–Crippen MR) is 116 cm³/mol. The summed E-state index contributed by atoms with van der Waals surface area (Å²) in [6.07, 6.45) is 1.72. The Bertz CT molecular complexity index is 1200. The Balaban J connectivity index is 1.71. The second kappa shape index (κ2) is 8.22. The Morgan fingerprint density at radius 2 is 1.76 bits per heavy atom. The minimum absolute atomic E-state index is 0.0107. The van der Waals surface area contributed by atoms with E-state index in [9.17, 15) is 14.3 Å². The van der Waals surface area contributed by atoms with Crippen molar-refractivity contribution in [3.8, 4) is 22.5 Å². The number of rotatable bonds is 5. The molecule has 0 spiro atoms. The van der Waals surface area contributed by atoms with Gasteiger partial charge in [-0.25, -0.2) is 14.2 Å². The van der Waals surface area contributed by atoms with Crippen molar-refractivity contribution in [3.05, 3.63) is 83.8 Å². The van der Waals surface area contributed by atoms with Gasteiger partial charge in [0.05, 0.1) is 29.1 Å². The highest BCUT2D eigenvalue weighted by Crippen LogP contribution is 2.26. The maximum absolute atomic E-state index is 13.5. The normalized spacial score (nSPS) is 11.0. The zero-order valence-corrected chi connectivity index (χ0v) is 17.1. The lowest BCUT2D eigenvalue weighted by atomic mass is 10.0. The van der Waals surface area contributed by atoms with Gasteiger partial charge in [0, 0.05) is 17.1 Å². The van der Waals surface area contributed by atoms with Crippen molar-refractivity contribution in [1.29, 1.82) is 0 Å². The van der Waals surface area contributed by atoms with Crippen LogP contribution in [-0.2, 0) is 9.67 Å². The molecule has 0 fully saturated rings. The Morgan fingerprint density at radius 1 is 1.00 bits per heavy atom. The SMILES string of the molecule is O=C(O)c1cc(-c2ccc(-c3ccc(COI)cc3)cn2)nc2ccc(F)cc12. The molecule has 1 N–H and O–H groups in total. The summed E-state index contributed by atoms with van der Waals surface area (Å²) in [6.45, 7) is 0.543. The lowest BCUT2D eigenvalue weighted by molar-refractivity contribution is 0.0699. The van der Waals surface area contributed by atoms with Crippen LogP contribution in [0, 0.1) is 5.82 Å². The molecule has 0 amide bonds. The maximum atomic E-state index is 13.5. The first-order valence-corrected chi connectivity index (χ1v) is 9.56. The molecule has 0 aliphatic carbocycles. The van der Waals surface area contributed by atoms with Gasteiger partial charge in [0.2, 0.25) is 0 Å². The van der Waals surface area contributed by atoms with Gasteiger partial charge >= 0.3 is 5.97 Å². The molecule has 2 aromatic heterocycles. The van der Waals surface area contributed by atoms with Crippen LogP contribution in [-0.4, -0.2) is 21.0 Å². The average molecular weight is 500 g/mol. The van der Waals surface area contributed by atoms with E-state index in [1.54, 1.807) is 12.3 Å². The van der Waals surface area contributed by atoms with Crippen LogP contribution in [0.1, 0.15) is 15.9 Å². The Morgan fingerprint density at radius 3 is 2.41 bits per heavy atom. The molecular formula is C22H14FIN2O3. The number of hydrogen-bond donors (Lipinski definition) is 1. The zero-order chi connectivity index (χ0) is 20.4. The van der Waals surface area contributed by atoms with Gasteiger partial charge in [-0.15, -0.1) is 0 Å². The first-order chi connectivity index (χ1) is 14.0. The zero-order valence-electron chi connectivity index (χ0n) is 15.0. The molecular weight excluding hydrogens is 486 g/mol. The molecule has 0 bridgehead atoms. The van der Waals surface area contributed by atoms with Crippen molar-refractivity contribution < 1.29 is 17.4 Å². The predicted octanol–water partition coefficient (Wildman–Crippen LogP) is 5.67. The molecule has 0 unspecified atom stereocenters. The number of carboxylic acid groups (broad SMARTS) is 1.